The van der Waals surface area contributed by atoms with Gasteiger partial charge in [-0.05, 0) is 57.4 Å². The number of thioether (sulfide) groups is 1. The molecule has 2 heterocycles. The largest absolute Gasteiger partial charge is 0.494 e. The molecule has 1 unspecified atom stereocenters. The maximum absolute atomic E-state index is 12.6. The van der Waals surface area contributed by atoms with E-state index in [2.05, 4.69) is 10.6 Å². The van der Waals surface area contributed by atoms with E-state index in [-0.39, 0.29) is 23.3 Å². The minimum atomic E-state index is -0.400. The van der Waals surface area contributed by atoms with Gasteiger partial charge in [-0.1, -0.05) is 0 Å². The first-order valence-corrected chi connectivity index (χ1v) is 11.1. The minimum absolute atomic E-state index is 0.0131. The number of aryl methyl sites for hydroxylation is 1. The molecule has 0 bridgehead atoms. The Kier molecular flexibility index (Phi) is 6.72. The van der Waals surface area contributed by atoms with Crippen molar-refractivity contribution in [1.82, 2.24) is 10.2 Å². The number of ether oxygens (including phenoxy) is 1. The van der Waals surface area contributed by atoms with Crippen molar-refractivity contribution in [3.8, 4) is 5.75 Å². The fourth-order valence-corrected chi connectivity index (χ4v) is 4.55. The van der Waals surface area contributed by atoms with Crippen molar-refractivity contribution in [2.24, 2.45) is 0 Å². The van der Waals surface area contributed by atoms with E-state index in [4.69, 9.17) is 4.74 Å². The SMILES string of the molecule is CC(C)(C)NC(=O)C1CSCN1C(=O)CCCOc1ccc2c(c1)CCC(=O)N2. The highest BCUT2D eigenvalue weighted by molar-refractivity contribution is 7.99. The zero-order valence-corrected chi connectivity index (χ0v) is 18.1. The summed E-state index contributed by atoms with van der Waals surface area (Å²) in [7, 11) is 0. The molecule has 7 nitrogen and oxygen atoms in total. The second kappa shape index (κ2) is 9.07. The van der Waals surface area contributed by atoms with Crippen LogP contribution in [0.25, 0.3) is 0 Å². The second-order valence-corrected chi connectivity index (χ2v) is 9.44. The van der Waals surface area contributed by atoms with Crippen LogP contribution in [0.1, 0.15) is 45.6 Å². The lowest BCUT2D eigenvalue weighted by atomic mass is 10.0. The average Bonchev–Trinajstić information content (AvgIpc) is 3.14. The predicted octanol–water partition coefficient (Wildman–Crippen LogP) is 2.55. The summed E-state index contributed by atoms with van der Waals surface area (Å²) in [4.78, 5) is 38.2. The molecule has 2 aliphatic heterocycles. The molecule has 0 saturated carbocycles. The molecule has 0 spiro atoms. The van der Waals surface area contributed by atoms with E-state index < -0.39 is 6.04 Å². The zero-order chi connectivity index (χ0) is 21.0. The molecule has 3 amide bonds. The maximum Gasteiger partial charge on any atom is 0.244 e. The quantitative estimate of drug-likeness (QED) is 0.692. The van der Waals surface area contributed by atoms with E-state index >= 15 is 0 Å². The van der Waals surface area contributed by atoms with Crippen LogP contribution < -0.4 is 15.4 Å². The van der Waals surface area contributed by atoms with Gasteiger partial charge in [0.05, 0.1) is 12.5 Å². The van der Waals surface area contributed by atoms with Crippen molar-refractivity contribution in [3.63, 3.8) is 0 Å². The molecular weight excluding hydrogens is 390 g/mol. The van der Waals surface area contributed by atoms with E-state index in [1.165, 1.54) is 0 Å². The van der Waals surface area contributed by atoms with Gasteiger partial charge < -0.3 is 20.3 Å². The Morgan fingerprint density at radius 1 is 1.31 bits per heavy atom. The van der Waals surface area contributed by atoms with E-state index in [1.807, 2.05) is 39.0 Å². The number of hydrogen-bond donors (Lipinski definition) is 2. The number of anilines is 1. The average molecular weight is 420 g/mol. The first-order valence-electron chi connectivity index (χ1n) is 9.98. The van der Waals surface area contributed by atoms with E-state index in [0.29, 0.717) is 43.9 Å². The third kappa shape index (κ3) is 5.88. The Morgan fingerprint density at radius 2 is 2.10 bits per heavy atom. The highest BCUT2D eigenvalue weighted by Gasteiger charge is 2.35. The fourth-order valence-electron chi connectivity index (χ4n) is 3.37. The molecule has 1 saturated heterocycles. The monoisotopic (exact) mass is 419 g/mol. The van der Waals surface area contributed by atoms with Gasteiger partial charge in [-0.3, -0.25) is 14.4 Å². The lowest BCUT2D eigenvalue weighted by Gasteiger charge is -2.27. The number of carbonyl (C=O) groups excluding carboxylic acids is 3. The first-order chi connectivity index (χ1) is 13.7. The number of nitrogens with zero attached hydrogens (tertiary/aromatic N) is 1. The summed E-state index contributed by atoms with van der Waals surface area (Å²) in [6, 6.07) is 5.23. The predicted molar refractivity (Wildman–Crippen MR) is 114 cm³/mol. The van der Waals surface area contributed by atoms with E-state index in [0.717, 1.165) is 17.0 Å². The number of hydrogen-bond acceptors (Lipinski definition) is 5. The molecule has 29 heavy (non-hydrogen) atoms. The molecule has 1 atom stereocenters. The summed E-state index contributed by atoms with van der Waals surface area (Å²) in [5.74, 6) is 1.87. The molecule has 158 valence electrons. The van der Waals surface area contributed by atoms with Crippen LogP contribution in [0.2, 0.25) is 0 Å². The van der Waals surface area contributed by atoms with Gasteiger partial charge in [0.25, 0.3) is 0 Å². The van der Waals surface area contributed by atoms with Crippen LogP contribution in [-0.4, -0.2) is 52.4 Å². The summed E-state index contributed by atoms with van der Waals surface area (Å²) in [6.07, 6.45) is 2.13. The molecule has 0 radical (unpaired) electrons. The summed E-state index contributed by atoms with van der Waals surface area (Å²) >= 11 is 1.61. The van der Waals surface area contributed by atoms with Gasteiger partial charge in [-0.25, -0.2) is 0 Å². The number of amides is 3. The maximum atomic E-state index is 12.6. The standard InChI is InChI=1S/C21H29N3O4S/c1-21(2,3)23-20(27)17-12-29-13-24(17)19(26)5-4-10-28-15-7-8-16-14(11-15)6-9-18(25)22-16/h7-8,11,17H,4-6,9-10,12-13H2,1-3H3,(H,22,25)(H,23,27). The molecule has 2 aliphatic rings. The highest BCUT2D eigenvalue weighted by atomic mass is 32.2. The molecule has 1 fully saturated rings. The van der Waals surface area contributed by atoms with Crippen molar-refractivity contribution in [2.75, 3.05) is 23.6 Å². The Bertz CT molecular complexity index is 791. The van der Waals surface area contributed by atoms with Crippen molar-refractivity contribution in [3.05, 3.63) is 23.8 Å². The summed E-state index contributed by atoms with van der Waals surface area (Å²) < 4.78 is 5.78. The van der Waals surface area contributed by atoms with Crippen LogP contribution >= 0.6 is 11.8 Å². The molecule has 1 aromatic carbocycles. The number of nitrogens with one attached hydrogen (secondary N) is 2. The van der Waals surface area contributed by atoms with Crippen LogP contribution in [0.15, 0.2) is 18.2 Å². The fraction of sp³-hybridized carbons (Fsp3) is 0.571. The van der Waals surface area contributed by atoms with Crippen LogP contribution in [0.3, 0.4) is 0 Å². The van der Waals surface area contributed by atoms with Crippen LogP contribution in [0.5, 0.6) is 5.75 Å². The van der Waals surface area contributed by atoms with Crippen molar-refractivity contribution in [1.29, 1.82) is 0 Å². The normalized spacial score (nSPS) is 18.8. The van der Waals surface area contributed by atoms with Gasteiger partial charge in [-0.2, -0.15) is 0 Å². The number of benzene rings is 1. The Hall–Kier alpha value is -2.22. The second-order valence-electron chi connectivity index (χ2n) is 8.44. The van der Waals surface area contributed by atoms with Crippen molar-refractivity contribution >= 4 is 35.2 Å². The zero-order valence-electron chi connectivity index (χ0n) is 17.2. The van der Waals surface area contributed by atoms with Crippen LogP contribution in [-0.2, 0) is 20.8 Å². The molecule has 2 N–H and O–H groups in total. The van der Waals surface area contributed by atoms with E-state index in [1.54, 1.807) is 16.7 Å². The highest BCUT2D eigenvalue weighted by Crippen LogP contribution is 2.27. The minimum Gasteiger partial charge on any atom is -0.494 e. The lowest BCUT2D eigenvalue weighted by Crippen LogP contribution is -2.52. The van der Waals surface area contributed by atoms with Gasteiger partial charge in [0.1, 0.15) is 11.8 Å². The number of rotatable bonds is 6. The number of fused-ring (bicyclic) bond motifs is 1. The molecule has 0 aromatic heterocycles. The molecule has 8 heteroatoms. The third-order valence-corrected chi connectivity index (χ3v) is 5.79. The molecular formula is C21H29N3O4S. The first kappa shape index (κ1) is 21.5. The lowest BCUT2D eigenvalue weighted by molar-refractivity contribution is -0.138. The van der Waals surface area contributed by atoms with Crippen molar-refractivity contribution < 1.29 is 19.1 Å². The Morgan fingerprint density at radius 3 is 2.86 bits per heavy atom. The van der Waals surface area contributed by atoms with Crippen molar-refractivity contribution in [2.45, 2.75) is 58.0 Å². The van der Waals surface area contributed by atoms with Gasteiger partial charge >= 0.3 is 0 Å². The van der Waals surface area contributed by atoms with Gasteiger partial charge in [0.2, 0.25) is 17.7 Å². The number of carbonyl (C=O) groups is 3. The Labute approximate surface area is 175 Å². The molecule has 3 rings (SSSR count). The summed E-state index contributed by atoms with van der Waals surface area (Å²) in [5.41, 5.74) is 1.60. The summed E-state index contributed by atoms with van der Waals surface area (Å²) in [6.45, 7) is 6.23. The molecule has 1 aromatic rings. The molecule has 0 aliphatic carbocycles. The van der Waals surface area contributed by atoms with Gasteiger partial charge in [-0.15, -0.1) is 11.8 Å². The van der Waals surface area contributed by atoms with Crippen LogP contribution in [0, 0.1) is 0 Å². The van der Waals surface area contributed by atoms with Crippen LogP contribution in [0.4, 0.5) is 5.69 Å². The van der Waals surface area contributed by atoms with Gasteiger partial charge in [0, 0.05) is 29.8 Å². The smallest absolute Gasteiger partial charge is 0.244 e. The topological polar surface area (TPSA) is 87.7 Å². The third-order valence-electron chi connectivity index (χ3n) is 4.78. The van der Waals surface area contributed by atoms with Gasteiger partial charge in [0.15, 0.2) is 0 Å². The summed E-state index contributed by atoms with van der Waals surface area (Å²) in [5, 5.41) is 5.81. The Balaban J connectivity index is 1.45. The van der Waals surface area contributed by atoms with E-state index in [9.17, 15) is 14.4 Å².